The minimum Gasteiger partial charge on any atom is -0.346 e. The second kappa shape index (κ2) is 3.96. The molecule has 1 aromatic carbocycles. The third kappa shape index (κ3) is 1.82. The van der Waals surface area contributed by atoms with Crippen LogP contribution in [0.5, 0.6) is 0 Å². The smallest absolute Gasteiger partial charge is 0.186 e. The zero-order valence-electron chi connectivity index (χ0n) is 7.72. The molecule has 0 aliphatic carbocycles. The number of ether oxygens (including phenoxy) is 2. The number of hydrogen-bond donors (Lipinski definition) is 0. The highest BCUT2D eigenvalue weighted by atomic mass is 79.9. The van der Waals surface area contributed by atoms with Gasteiger partial charge in [0.25, 0.3) is 0 Å². The van der Waals surface area contributed by atoms with E-state index in [9.17, 15) is 4.39 Å². The van der Waals surface area contributed by atoms with Gasteiger partial charge in [-0.25, -0.2) is 4.39 Å². The molecule has 1 saturated heterocycles. The highest BCUT2D eigenvalue weighted by Gasteiger charge is 2.22. The molecule has 1 aliphatic heterocycles. The van der Waals surface area contributed by atoms with E-state index in [1.165, 1.54) is 6.07 Å². The highest BCUT2D eigenvalue weighted by Crippen LogP contribution is 2.29. The van der Waals surface area contributed by atoms with Crippen LogP contribution < -0.4 is 0 Å². The van der Waals surface area contributed by atoms with Gasteiger partial charge < -0.3 is 9.47 Å². The molecule has 0 N–H and O–H groups in total. The average molecular weight is 261 g/mol. The Morgan fingerprint density at radius 1 is 1.36 bits per heavy atom. The molecule has 0 atom stereocenters. The van der Waals surface area contributed by atoms with Crippen LogP contribution in [-0.2, 0) is 9.47 Å². The van der Waals surface area contributed by atoms with Gasteiger partial charge in [0, 0.05) is 10.0 Å². The molecule has 0 aromatic heterocycles. The van der Waals surface area contributed by atoms with Crippen molar-refractivity contribution >= 4 is 15.9 Å². The van der Waals surface area contributed by atoms with Crippen molar-refractivity contribution in [1.29, 1.82) is 0 Å². The van der Waals surface area contributed by atoms with Crippen molar-refractivity contribution in [2.75, 3.05) is 13.2 Å². The van der Waals surface area contributed by atoms with E-state index in [-0.39, 0.29) is 5.82 Å². The first-order valence-electron chi connectivity index (χ1n) is 4.37. The van der Waals surface area contributed by atoms with E-state index < -0.39 is 6.29 Å². The monoisotopic (exact) mass is 260 g/mol. The number of halogens is 2. The molecular weight excluding hydrogens is 251 g/mol. The van der Waals surface area contributed by atoms with E-state index >= 15 is 0 Å². The van der Waals surface area contributed by atoms with Gasteiger partial charge >= 0.3 is 0 Å². The predicted molar refractivity (Wildman–Crippen MR) is 53.5 cm³/mol. The number of aryl methyl sites for hydroxylation is 1. The van der Waals surface area contributed by atoms with Gasteiger partial charge in [-0.1, -0.05) is 15.9 Å². The summed E-state index contributed by atoms with van der Waals surface area (Å²) in [7, 11) is 0. The molecule has 14 heavy (non-hydrogen) atoms. The summed E-state index contributed by atoms with van der Waals surface area (Å²) in [5.74, 6) is -0.280. The maximum Gasteiger partial charge on any atom is 0.186 e. The van der Waals surface area contributed by atoms with E-state index in [4.69, 9.17) is 9.47 Å². The van der Waals surface area contributed by atoms with Crippen LogP contribution in [0.25, 0.3) is 0 Å². The largest absolute Gasteiger partial charge is 0.346 e. The maximum absolute atomic E-state index is 13.5. The fourth-order valence-corrected chi connectivity index (χ4v) is 1.74. The average Bonchev–Trinajstić information content (AvgIpc) is 2.64. The zero-order valence-corrected chi connectivity index (χ0v) is 9.30. The fraction of sp³-hybridized carbons (Fsp3) is 0.400. The summed E-state index contributed by atoms with van der Waals surface area (Å²) in [4.78, 5) is 0. The Bertz CT molecular complexity index is 348. The lowest BCUT2D eigenvalue weighted by Gasteiger charge is -2.11. The van der Waals surface area contributed by atoms with E-state index in [0.717, 1.165) is 10.0 Å². The first-order chi connectivity index (χ1) is 6.68. The fourth-order valence-electron chi connectivity index (χ4n) is 1.38. The molecule has 76 valence electrons. The minimum atomic E-state index is -0.549. The van der Waals surface area contributed by atoms with Crippen LogP contribution in [0, 0.1) is 12.7 Å². The minimum absolute atomic E-state index is 0.280. The van der Waals surface area contributed by atoms with E-state index in [1.807, 2.05) is 6.92 Å². The molecule has 0 bridgehead atoms. The van der Waals surface area contributed by atoms with Crippen LogP contribution in [0.1, 0.15) is 17.4 Å². The zero-order chi connectivity index (χ0) is 10.1. The van der Waals surface area contributed by atoms with Crippen molar-refractivity contribution in [2.45, 2.75) is 13.2 Å². The van der Waals surface area contributed by atoms with Crippen molar-refractivity contribution < 1.29 is 13.9 Å². The second-order valence-corrected chi connectivity index (χ2v) is 4.05. The Morgan fingerprint density at radius 2 is 2.00 bits per heavy atom. The van der Waals surface area contributed by atoms with Gasteiger partial charge in [0.1, 0.15) is 5.82 Å². The van der Waals surface area contributed by atoms with E-state index in [2.05, 4.69) is 15.9 Å². The Hall–Kier alpha value is -0.450. The molecule has 2 rings (SSSR count). The van der Waals surface area contributed by atoms with Crippen LogP contribution in [0.3, 0.4) is 0 Å². The molecule has 1 aromatic rings. The van der Waals surface area contributed by atoms with Crippen LogP contribution >= 0.6 is 15.9 Å². The van der Waals surface area contributed by atoms with Gasteiger partial charge in [0.15, 0.2) is 6.29 Å². The number of hydrogen-bond acceptors (Lipinski definition) is 2. The van der Waals surface area contributed by atoms with E-state index in [1.54, 1.807) is 6.07 Å². The van der Waals surface area contributed by atoms with Crippen molar-refractivity contribution in [3.8, 4) is 0 Å². The summed E-state index contributed by atoms with van der Waals surface area (Å²) in [6.45, 7) is 2.89. The van der Waals surface area contributed by atoms with Crippen LogP contribution in [0.4, 0.5) is 4.39 Å². The molecule has 2 nitrogen and oxygen atoms in total. The summed E-state index contributed by atoms with van der Waals surface area (Å²) in [6.07, 6.45) is -0.549. The normalized spacial score (nSPS) is 17.6. The van der Waals surface area contributed by atoms with Gasteiger partial charge in [-0.2, -0.15) is 0 Å². The van der Waals surface area contributed by atoms with Crippen LogP contribution in [0.15, 0.2) is 16.6 Å². The molecule has 1 heterocycles. The third-order valence-corrected chi connectivity index (χ3v) is 3.01. The SMILES string of the molecule is Cc1cc(F)c(C2OCCO2)cc1Br. The van der Waals surface area contributed by atoms with Crippen molar-refractivity contribution in [2.24, 2.45) is 0 Å². The highest BCUT2D eigenvalue weighted by molar-refractivity contribution is 9.10. The topological polar surface area (TPSA) is 18.5 Å². The van der Waals surface area contributed by atoms with Gasteiger partial charge in [-0.15, -0.1) is 0 Å². The van der Waals surface area contributed by atoms with E-state index in [0.29, 0.717) is 18.8 Å². The molecule has 1 fully saturated rings. The van der Waals surface area contributed by atoms with Crippen molar-refractivity contribution in [1.82, 2.24) is 0 Å². The summed E-state index contributed by atoms with van der Waals surface area (Å²) >= 11 is 3.35. The maximum atomic E-state index is 13.5. The van der Waals surface area contributed by atoms with Crippen molar-refractivity contribution in [3.05, 3.63) is 33.5 Å². The predicted octanol–water partition coefficient (Wildman–Crippen LogP) is 2.94. The lowest BCUT2D eigenvalue weighted by molar-refractivity contribution is -0.0465. The van der Waals surface area contributed by atoms with Gasteiger partial charge in [0.2, 0.25) is 0 Å². The molecule has 0 unspecified atom stereocenters. The lowest BCUT2D eigenvalue weighted by Crippen LogP contribution is -2.02. The van der Waals surface area contributed by atoms with Crippen LogP contribution in [0.2, 0.25) is 0 Å². The molecule has 0 spiro atoms. The van der Waals surface area contributed by atoms with Gasteiger partial charge in [-0.3, -0.25) is 0 Å². The Kier molecular flexibility index (Phi) is 2.85. The molecule has 1 aliphatic rings. The van der Waals surface area contributed by atoms with Crippen LogP contribution in [-0.4, -0.2) is 13.2 Å². The summed E-state index contributed by atoms with van der Waals surface area (Å²) in [5.41, 5.74) is 1.32. The molecule has 4 heteroatoms. The summed E-state index contributed by atoms with van der Waals surface area (Å²) in [6, 6.07) is 3.19. The summed E-state index contributed by atoms with van der Waals surface area (Å²) in [5, 5.41) is 0. The molecule has 0 saturated carbocycles. The number of rotatable bonds is 1. The number of benzene rings is 1. The third-order valence-electron chi connectivity index (χ3n) is 2.15. The second-order valence-electron chi connectivity index (χ2n) is 3.20. The standard InChI is InChI=1S/C10H10BrFO2/c1-6-4-9(12)7(5-8(6)11)10-13-2-3-14-10/h4-5,10H,2-3H2,1H3. The Morgan fingerprint density at radius 3 is 2.64 bits per heavy atom. The molecule has 0 radical (unpaired) electrons. The first-order valence-corrected chi connectivity index (χ1v) is 5.16. The quantitative estimate of drug-likeness (QED) is 0.773. The summed E-state index contributed by atoms with van der Waals surface area (Å²) < 4.78 is 24.8. The lowest BCUT2D eigenvalue weighted by atomic mass is 10.1. The first kappa shape index (κ1) is 10.1. The van der Waals surface area contributed by atoms with Crippen molar-refractivity contribution in [3.63, 3.8) is 0 Å². The Labute approximate surface area is 90.1 Å². The van der Waals surface area contributed by atoms with Gasteiger partial charge in [-0.05, 0) is 24.6 Å². The molecular formula is C10H10BrFO2. The Balaban J connectivity index is 2.37. The van der Waals surface area contributed by atoms with Gasteiger partial charge in [0.05, 0.1) is 13.2 Å². The molecule has 0 amide bonds.